The van der Waals surface area contributed by atoms with Gasteiger partial charge in [0.25, 0.3) is 5.56 Å². The molecule has 35 heavy (non-hydrogen) atoms. The molecule has 2 fully saturated rings. The van der Waals surface area contributed by atoms with Crippen molar-refractivity contribution in [2.24, 2.45) is 0 Å². The van der Waals surface area contributed by atoms with Crippen LogP contribution in [0.1, 0.15) is 55.6 Å². The summed E-state index contributed by atoms with van der Waals surface area (Å²) in [5.74, 6) is 1.01. The van der Waals surface area contributed by atoms with E-state index >= 15 is 0 Å². The van der Waals surface area contributed by atoms with Crippen LogP contribution in [0.25, 0.3) is 34.0 Å². The first-order valence-electron chi connectivity index (χ1n) is 12.3. The monoisotopic (exact) mass is 468 g/mol. The van der Waals surface area contributed by atoms with Crippen LogP contribution in [0.15, 0.2) is 58.1 Å². The minimum absolute atomic E-state index is 0.0292. The van der Waals surface area contributed by atoms with Gasteiger partial charge in [0.15, 0.2) is 17.3 Å². The van der Waals surface area contributed by atoms with E-state index in [1.54, 1.807) is 12.4 Å². The zero-order valence-corrected chi connectivity index (χ0v) is 19.5. The van der Waals surface area contributed by atoms with Gasteiger partial charge in [0.2, 0.25) is 0 Å². The van der Waals surface area contributed by atoms with Gasteiger partial charge in [0, 0.05) is 41.5 Å². The molecule has 2 aliphatic rings. The third-order valence-electron chi connectivity index (χ3n) is 6.99. The number of pyridine rings is 1. The number of nitrogens with zero attached hydrogens (tertiary/aromatic N) is 3. The lowest BCUT2D eigenvalue weighted by Gasteiger charge is -2.10. The van der Waals surface area contributed by atoms with Gasteiger partial charge in [-0.15, -0.1) is 0 Å². The van der Waals surface area contributed by atoms with Crippen molar-refractivity contribution in [3.05, 3.63) is 70.3 Å². The first-order valence-corrected chi connectivity index (χ1v) is 12.3. The SMILES string of the molecule is Nc1ncc(-c2c[nH]c(=O)c(C3CCCC3)c2)nc1-c1cc(-c2ccc(CNC3CC3)cc2)no1. The van der Waals surface area contributed by atoms with Gasteiger partial charge in [-0.1, -0.05) is 42.3 Å². The molecule has 3 heterocycles. The van der Waals surface area contributed by atoms with Gasteiger partial charge in [-0.05, 0) is 43.2 Å². The highest BCUT2D eigenvalue weighted by Crippen LogP contribution is 2.34. The molecule has 0 saturated heterocycles. The van der Waals surface area contributed by atoms with Crippen molar-refractivity contribution in [1.82, 2.24) is 25.4 Å². The maximum absolute atomic E-state index is 12.4. The van der Waals surface area contributed by atoms with Crippen LogP contribution in [0.5, 0.6) is 0 Å². The molecule has 0 spiro atoms. The number of hydrogen-bond acceptors (Lipinski definition) is 7. The van der Waals surface area contributed by atoms with Gasteiger partial charge < -0.3 is 20.6 Å². The van der Waals surface area contributed by atoms with Gasteiger partial charge in [0.05, 0.1) is 11.9 Å². The Kier molecular flexibility index (Phi) is 5.66. The number of nitrogen functional groups attached to an aromatic ring is 1. The van der Waals surface area contributed by atoms with E-state index in [0.29, 0.717) is 34.8 Å². The summed E-state index contributed by atoms with van der Waals surface area (Å²) in [5.41, 5.74) is 11.7. The molecule has 0 amide bonds. The Morgan fingerprint density at radius 1 is 1.03 bits per heavy atom. The fraction of sp³-hybridized carbons (Fsp3) is 0.333. The zero-order chi connectivity index (χ0) is 23.8. The number of anilines is 1. The van der Waals surface area contributed by atoms with Crippen molar-refractivity contribution in [2.45, 2.75) is 57.0 Å². The smallest absolute Gasteiger partial charge is 0.251 e. The maximum atomic E-state index is 12.4. The summed E-state index contributed by atoms with van der Waals surface area (Å²) in [7, 11) is 0. The molecule has 0 radical (unpaired) electrons. The minimum Gasteiger partial charge on any atom is -0.382 e. The van der Waals surface area contributed by atoms with Crippen LogP contribution in [0.4, 0.5) is 5.82 Å². The number of hydrogen-bond donors (Lipinski definition) is 3. The van der Waals surface area contributed by atoms with E-state index in [1.807, 2.05) is 24.3 Å². The number of aromatic amines is 1. The van der Waals surface area contributed by atoms with E-state index in [1.165, 1.54) is 18.4 Å². The highest BCUT2D eigenvalue weighted by Gasteiger charge is 2.22. The molecule has 0 atom stereocenters. The van der Waals surface area contributed by atoms with Crippen molar-refractivity contribution < 1.29 is 4.52 Å². The van der Waals surface area contributed by atoms with Crippen LogP contribution >= 0.6 is 0 Å². The van der Waals surface area contributed by atoms with Crippen LogP contribution in [0, 0.1) is 0 Å². The summed E-state index contributed by atoms with van der Waals surface area (Å²) < 4.78 is 5.62. The van der Waals surface area contributed by atoms with Crippen molar-refractivity contribution in [1.29, 1.82) is 0 Å². The number of rotatable bonds is 7. The molecular formula is C27H28N6O2. The molecule has 4 N–H and O–H groups in total. The minimum atomic E-state index is -0.0292. The predicted octanol–water partition coefficient (Wildman–Crippen LogP) is 4.65. The Morgan fingerprint density at radius 2 is 1.83 bits per heavy atom. The number of benzene rings is 1. The molecule has 0 aliphatic heterocycles. The lowest BCUT2D eigenvalue weighted by Crippen LogP contribution is -2.14. The molecule has 3 aromatic heterocycles. The second kappa shape index (κ2) is 9.11. The fourth-order valence-electron chi connectivity index (χ4n) is 4.77. The molecule has 1 aromatic carbocycles. The standard InChI is InChI=1S/C27H28N6O2/c28-26-25(24-12-22(33-35-24)18-7-5-16(6-8-18)13-29-20-9-10-20)32-23(15-30-26)19-11-21(27(34)31-14-19)17-3-1-2-4-17/h5-8,11-12,14-15,17,20,29H,1-4,9-10,13H2,(H2,28,30)(H,31,34). The van der Waals surface area contributed by atoms with Gasteiger partial charge in [-0.2, -0.15) is 0 Å². The highest BCUT2D eigenvalue weighted by molar-refractivity contribution is 5.73. The van der Waals surface area contributed by atoms with E-state index < -0.39 is 0 Å². The lowest BCUT2D eigenvalue weighted by molar-refractivity contribution is 0.434. The first kappa shape index (κ1) is 21.7. The second-order valence-corrected chi connectivity index (χ2v) is 9.57. The van der Waals surface area contributed by atoms with E-state index in [9.17, 15) is 4.79 Å². The Balaban J connectivity index is 1.26. The number of nitrogens with one attached hydrogen (secondary N) is 2. The van der Waals surface area contributed by atoms with Gasteiger partial charge in [-0.3, -0.25) is 4.79 Å². The molecule has 0 bridgehead atoms. The fourth-order valence-corrected chi connectivity index (χ4v) is 4.77. The normalized spacial score (nSPS) is 16.1. The maximum Gasteiger partial charge on any atom is 0.251 e. The molecule has 4 aromatic rings. The molecule has 2 aliphatic carbocycles. The largest absolute Gasteiger partial charge is 0.382 e. The van der Waals surface area contributed by atoms with E-state index in [0.717, 1.165) is 48.9 Å². The van der Waals surface area contributed by atoms with Crippen LogP contribution in [-0.2, 0) is 6.54 Å². The summed E-state index contributed by atoms with van der Waals surface area (Å²) in [6, 6.07) is 12.7. The van der Waals surface area contributed by atoms with E-state index in [-0.39, 0.29) is 11.4 Å². The molecule has 8 nitrogen and oxygen atoms in total. The van der Waals surface area contributed by atoms with Crippen molar-refractivity contribution >= 4 is 5.82 Å². The molecule has 0 unspecified atom stereocenters. The lowest BCUT2D eigenvalue weighted by atomic mass is 9.97. The first-order chi connectivity index (χ1) is 17.1. The molecule has 8 heteroatoms. The zero-order valence-electron chi connectivity index (χ0n) is 19.5. The van der Waals surface area contributed by atoms with E-state index in [4.69, 9.17) is 15.2 Å². The van der Waals surface area contributed by atoms with E-state index in [2.05, 4.69) is 32.6 Å². The van der Waals surface area contributed by atoms with Crippen LogP contribution in [0.3, 0.4) is 0 Å². The summed E-state index contributed by atoms with van der Waals surface area (Å²) in [6.45, 7) is 0.876. The Morgan fingerprint density at radius 3 is 2.60 bits per heavy atom. The van der Waals surface area contributed by atoms with Crippen LogP contribution in [-0.4, -0.2) is 26.2 Å². The highest BCUT2D eigenvalue weighted by atomic mass is 16.5. The quantitative estimate of drug-likeness (QED) is 0.361. The van der Waals surface area contributed by atoms with Crippen molar-refractivity contribution in [2.75, 3.05) is 5.73 Å². The molecule has 178 valence electrons. The molecule has 2 saturated carbocycles. The predicted molar refractivity (Wildman–Crippen MR) is 135 cm³/mol. The molecular weight excluding hydrogens is 440 g/mol. The summed E-state index contributed by atoms with van der Waals surface area (Å²) in [5, 5.41) is 7.76. The Bertz CT molecular complexity index is 1400. The van der Waals surface area contributed by atoms with Crippen LogP contribution < -0.4 is 16.6 Å². The van der Waals surface area contributed by atoms with Crippen LogP contribution in [0.2, 0.25) is 0 Å². The summed E-state index contributed by atoms with van der Waals surface area (Å²) in [4.78, 5) is 24.4. The molecule has 6 rings (SSSR count). The number of H-pyrrole nitrogens is 1. The number of nitrogens with two attached hydrogens (primary N) is 1. The van der Waals surface area contributed by atoms with Gasteiger partial charge >= 0.3 is 0 Å². The summed E-state index contributed by atoms with van der Waals surface area (Å²) >= 11 is 0. The average molecular weight is 469 g/mol. The Hall–Kier alpha value is -3.78. The summed E-state index contributed by atoms with van der Waals surface area (Å²) in [6.07, 6.45) is 10.3. The van der Waals surface area contributed by atoms with Gasteiger partial charge in [0.1, 0.15) is 5.69 Å². The Labute approximate surface area is 203 Å². The average Bonchev–Trinajstić information content (AvgIpc) is 3.32. The van der Waals surface area contributed by atoms with Crippen molar-refractivity contribution in [3.63, 3.8) is 0 Å². The van der Waals surface area contributed by atoms with Crippen molar-refractivity contribution in [3.8, 4) is 34.0 Å². The van der Waals surface area contributed by atoms with Gasteiger partial charge in [-0.25, -0.2) is 9.97 Å². The third kappa shape index (κ3) is 4.61. The number of aromatic nitrogens is 4. The second-order valence-electron chi connectivity index (χ2n) is 9.57. The topological polar surface area (TPSA) is 123 Å². The third-order valence-corrected chi connectivity index (χ3v) is 6.99.